The molecular formula is C15H16BrN3O2. The van der Waals surface area contributed by atoms with Gasteiger partial charge < -0.3 is 21.9 Å². The smallest absolute Gasteiger partial charge is 0.250 e. The van der Waals surface area contributed by atoms with E-state index >= 15 is 0 Å². The lowest BCUT2D eigenvalue weighted by atomic mass is 10.1. The zero-order valence-corrected chi connectivity index (χ0v) is 12.8. The Balaban J connectivity index is 2.09. The maximum Gasteiger partial charge on any atom is 0.250 e. The summed E-state index contributed by atoms with van der Waals surface area (Å²) in [5.74, 6) is -0.527. The van der Waals surface area contributed by atoms with Gasteiger partial charge in [0.25, 0.3) is 5.91 Å². The third-order valence-electron chi connectivity index (χ3n) is 3.05. The highest BCUT2D eigenvalue weighted by molar-refractivity contribution is 9.10. The minimum absolute atomic E-state index is 0.256. The number of nitrogens with two attached hydrogens (primary N) is 2. The fourth-order valence-corrected chi connectivity index (χ4v) is 2.28. The first-order valence-corrected chi connectivity index (χ1v) is 7.13. The summed E-state index contributed by atoms with van der Waals surface area (Å²) in [6, 6.07) is 12.2. The van der Waals surface area contributed by atoms with Crippen molar-refractivity contribution >= 4 is 33.2 Å². The van der Waals surface area contributed by atoms with E-state index < -0.39 is 12.0 Å². The number of amides is 1. The second-order valence-corrected chi connectivity index (χ2v) is 5.53. The van der Waals surface area contributed by atoms with Crippen molar-refractivity contribution in [3.05, 3.63) is 58.1 Å². The molecule has 0 aliphatic rings. The number of aliphatic hydroxyl groups excluding tert-OH is 1. The summed E-state index contributed by atoms with van der Waals surface area (Å²) in [7, 11) is 0. The number of aliphatic hydroxyl groups is 1. The molecule has 1 amide bonds. The summed E-state index contributed by atoms with van der Waals surface area (Å²) in [4.78, 5) is 11.4. The molecule has 0 fully saturated rings. The molecule has 21 heavy (non-hydrogen) atoms. The van der Waals surface area contributed by atoms with Gasteiger partial charge >= 0.3 is 0 Å². The Morgan fingerprint density at radius 2 is 1.90 bits per heavy atom. The summed E-state index contributed by atoms with van der Waals surface area (Å²) in [5.41, 5.74) is 13.3. The Labute approximate surface area is 131 Å². The molecule has 0 bridgehead atoms. The minimum Gasteiger partial charge on any atom is -0.399 e. The van der Waals surface area contributed by atoms with Crippen LogP contribution in [-0.4, -0.2) is 17.6 Å². The molecule has 0 aliphatic carbocycles. The predicted octanol–water partition coefficient (Wildman–Crippen LogP) is 2.28. The van der Waals surface area contributed by atoms with Gasteiger partial charge in [0.2, 0.25) is 0 Å². The van der Waals surface area contributed by atoms with Crippen LogP contribution in [0.15, 0.2) is 46.9 Å². The lowest BCUT2D eigenvalue weighted by Crippen LogP contribution is -2.17. The highest BCUT2D eigenvalue weighted by Crippen LogP contribution is 2.22. The Morgan fingerprint density at radius 3 is 2.52 bits per heavy atom. The monoisotopic (exact) mass is 349 g/mol. The summed E-state index contributed by atoms with van der Waals surface area (Å²) in [6.45, 7) is 0.256. The van der Waals surface area contributed by atoms with Crippen molar-refractivity contribution in [1.82, 2.24) is 0 Å². The van der Waals surface area contributed by atoms with Crippen LogP contribution >= 0.6 is 15.9 Å². The molecule has 0 heterocycles. The van der Waals surface area contributed by atoms with E-state index in [1.165, 1.54) is 0 Å². The van der Waals surface area contributed by atoms with E-state index in [-0.39, 0.29) is 6.54 Å². The zero-order valence-electron chi connectivity index (χ0n) is 11.2. The summed E-state index contributed by atoms with van der Waals surface area (Å²) in [5, 5.41) is 13.2. The molecule has 0 aromatic heterocycles. The first-order valence-electron chi connectivity index (χ1n) is 6.34. The van der Waals surface area contributed by atoms with Gasteiger partial charge in [0.15, 0.2) is 0 Å². The lowest BCUT2D eigenvalue weighted by Gasteiger charge is -2.15. The second-order valence-electron chi connectivity index (χ2n) is 4.62. The Bertz CT molecular complexity index is 644. The Morgan fingerprint density at radius 1 is 1.24 bits per heavy atom. The normalized spacial score (nSPS) is 11.9. The van der Waals surface area contributed by atoms with Crippen molar-refractivity contribution in [2.75, 3.05) is 17.6 Å². The van der Waals surface area contributed by atoms with Crippen molar-refractivity contribution in [3.8, 4) is 0 Å². The van der Waals surface area contributed by atoms with Crippen LogP contribution in [0.3, 0.4) is 0 Å². The van der Waals surface area contributed by atoms with Crippen LogP contribution in [0.2, 0.25) is 0 Å². The van der Waals surface area contributed by atoms with Crippen molar-refractivity contribution in [2.24, 2.45) is 5.73 Å². The summed E-state index contributed by atoms with van der Waals surface area (Å²) >= 11 is 3.29. The van der Waals surface area contributed by atoms with E-state index in [0.29, 0.717) is 16.9 Å². The molecular weight excluding hydrogens is 334 g/mol. The van der Waals surface area contributed by atoms with Crippen LogP contribution in [0.1, 0.15) is 22.0 Å². The van der Waals surface area contributed by atoms with Gasteiger partial charge in [-0.3, -0.25) is 4.79 Å². The van der Waals surface area contributed by atoms with Crippen molar-refractivity contribution in [1.29, 1.82) is 0 Å². The number of nitrogen functional groups attached to an aromatic ring is 1. The summed E-state index contributed by atoms with van der Waals surface area (Å²) in [6.07, 6.45) is -0.713. The molecule has 5 nitrogen and oxygen atoms in total. The van der Waals surface area contributed by atoms with Gasteiger partial charge in [0.1, 0.15) is 0 Å². The number of nitrogens with one attached hydrogen (secondary N) is 1. The van der Waals surface area contributed by atoms with Crippen LogP contribution in [-0.2, 0) is 0 Å². The van der Waals surface area contributed by atoms with Gasteiger partial charge in [-0.05, 0) is 35.9 Å². The SMILES string of the molecule is NC(=O)c1cc(Br)ccc1NCC(O)c1ccc(N)cc1. The number of halogens is 1. The van der Waals surface area contributed by atoms with Gasteiger partial charge in [-0.15, -0.1) is 0 Å². The van der Waals surface area contributed by atoms with Crippen molar-refractivity contribution < 1.29 is 9.90 Å². The molecule has 0 aliphatic heterocycles. The molecule has 1 unspecified atom stereocenters. The number of carbonyl (C=O) groups is 1. The van der Waals surface area contributed by atoms with Gasteiger partial charge in [-0.1, -0.05) is 28.1 Å². The minimum atomic E-state index is -0.713. The number of primary amides is 1. The Hall–Kier alpha value is -2.05. The van der Waals surface area contributed by atoms with Crippen LogP contribution in [0.5, 0.6) is 0 Å². The van der Waals surface area contributed by atoms with Crippen LogP contribution in [0.25, 0.3) is 0 Å². The maximum absolute atomic E-state index is 11.4. The fourth-order valence-electron chi connectivity index (χ4n) is 1.92. The van der Waals surface area contributed by atoms with Crippen LogP contribution in [0.4, 0.5) is 11.4 Å². The highest BCUT2D eigenvalue weighted by Gasteiger charge is 2.11. The van der Waals surface area contributed by atoms with Crippen molar-refractivity contribution in [2.45, 2.75) is 6.10 Å². The topological polar surface area (TPSA) is 101 Å². The van der Waals surface area contributed by atoms with Crippen molar-refractivity contribution in [3.63, 3.8) is 0 Å². The number of anilines is 2. The molecule has 2 aromatic carbocycles. The third-order valence-corrected chi connectivity index (χ3v) is 3.55. The molecule has 0 spiro atoms. The molecule has 1 atom stereocenters. The van der Waals surface area contributed by atoms with E-state index in [2.05, 4.69) is 21.2 Å². The number of hydrogen-bond acceptors (Lipinski definition) is 4. The fraction of sp³-hybridized carbons (Fsp3) is 0.133. The molecule has 0 radical (unpaired) electrons. The van der Waals surface area contributed by atoms with Gasteiger partial charge in [-0.25, -0.2) is 0 Å². The second kappa shape index (κ2) is 6.60. The standard InChI is InChI=1S/C15H16BrN3O2/c16-10-3-6-13(12(7-10)15(18)21)19-8-14(20)9-1-4-11(17)5-2-9/h1-7,14,19-20H,8,17H2,(H2,18,21). The molecule has 6 heteroatoms. The van der Waals surface area contributed by atoms with E-state index in [4.69, 9.17) is 11.5 Å². The number of benzene rings is 2. The molecule has 110 valence electrons. The highest BCUT2D eigenvalue weighted by atomic mass is 79.9. The van der Waals surface area contributed by atoms with E-state index in [9.17, 15) is 9.90 Å². The van der Waals surface area contributed by atoms with E-state index in [1.807, 2.05) is 0 Å². The van der Waals surface area contributed by atoms with Gasteiger partial charge in [-0.2, -0.15) is 0 Å². The molecule has 2 rings (SSSR count). The average molecular weight is 350 g/mol. The van der Waals surface area contributed by atoms with E-state index in [0.717, 1.165) is 10.0 Å². The Kier molecular flexibility index (Phi) is 4.82. The molecule has 6 N–H and O–H groups in total. The maximum atomic E-state index is 11.4. The lowest BCUT2D eigenvalue weighted by molar-refractivity contribution is 0.100. The van der Waals surface area contributed by atoms with Gasteiger partial charge in [0.05, 0.1) is 11.7 Å². The van der Waals surface area contributed by atoms with Crippen LogP contribution < -0.4 is 16.8 Å². The quantitative estimate of drug-likeness (QED) is 0.622. The third kappa shape index (κ3) is 3.96. The summed E-state index contributed by atoms with van der Waals surface area (Å²) < 4.78 is 0.765. The number of hydrogen-bond donors (Lipinski definition) is 4. The first kappa shape index (κ1) is 15.3. The molecule has 0 saturated carbocycles. The largest absolute Gasteiger partial charge is 0.399 e. The van der Waals surface area contributed by atoms with Gasteiger partial charge in [0, 0.05) is 22.4 Å². The molecule has 0 saturated heterocycles. The zero-order chi connectivity index (χ0) is 15.4. The van der Waals surface area contributed by atoms with Crippen LogP contribution in [0, 0.1) is 0 Å². The molecule has 2 aromatic rings. The average Bonchev–Trinajstić information content (AvgIpc) is 2.46. The first-order chi connectivity index (χ1) is 9.97. The number of carbonyl (C=O) groups excluding carboxylic acids is 1. The predicted molar refractivity (Wildman–Crippen MR) is 87.0 cm³/mol. The van der Waals surface area contributed by atoms with E-state index in [1.54, 1.807) is 42.5 Å². The number of rotatable bonds is 5.